The Morgan fingerprint density at radius 1 is 1.30 bits per heavy atom. The molecule has 30 heavy (non-hydrogen) atoms. The molecular weight excluding hydrogens is 421 g/mol. The molecule has 1 amide bonds. The number of carbonyl (C=O) groups is 2. The number of hydrogen-bond donors (Lipinski definition) is 1. The number of rotatable bonds is 5. The summed E-state index contributed by atoms with van der Waals surface area (Å²) >= 11 is 6.06. The molecule has 3 rings (SSSR count). The van der Waals surface area contributed by atoms with Crippen LogP contribution in [0.25, 0.3) is 0 Å². The van der Waals surface area contributed by atoms with Gasteiger partial charge in [0, 0.05) is 44.4 Å². The summed E-state index contributed by atoms with van der Waals surface area (Å²) in [6.07, 6.45) is -0.437. The summed E-state index contributed by atoms with van der Waals surface area (Å²) in [5, 5.41) is 2.48. The molecule has 1 aliphatic rings. The van der Waals surface area contributed by atoms with Crippen LogP contribution in [0.15, 0.2) is 30.6 Å². The number of pyridine rings is 2. The van der Waals surface area contributed by atoms with Gasteiger partial charge in [0.1, 0.15) is 11.6 Å². The van der Waals surface area contributed by atoms with Crippen LogP contribution >= 0.6 is 11.6 Å². The van der Waals surface area contributed by atoms with E-state index in [1.807, 2.05) is 4.90 Å². The van der Waals surface area contributed by atoms with Crippen LogP contribution in [0, 0.1) is 5.92 Å². The lowest BCUT2D eigenvalue weighted by Crippen LogP contribution is -2.37. The van der Waals surface area contributed by atoms with Gasteiger partial charge in [-0.15, -0.1) is 0 Å². The van der Waals surface area contributed by atoms with Crippen LogP contribution in [0.2, 0.25) is 5.02 Å². The number of halogens is 4. The fraction of sp³-hybridized carbons (Fsp3) is 0.400. The van der Waals surface area contributed by atoms with E-state index in [9.17, 15) is 22.8 Å². The molecule has 10 heteroatoms. The SMILES string of the molecule is CC(=O)Nc1cc(C(=O)C[C@@H]2CCCN(c3ncc(C(F)(F)F)cc3Cl)C2)ccn1. The monoisotopic (exact) mass is 440 g/mol. The van der Waals surface area contributed by atoms with Crippen LogP contribution in [0.5, 0.6) is 0 Å². The third kappa shape index (κ3) is 5.47. The largest absolute Gasteiger partial charge is 0.417 e. The summed E-state index contributed by atoms with van der Waals surface area (Å²) in [7, 11) is 0. The lowest BCUT2D eigenvalue weighted by atomic mass is 9.91. The molecule has 2 aromatic heterocycles. The van der Waals surface area contributed by atoms with Crippen LogP contribution < -0.4 is 10.2 Å². The molecule has 0 spiro atoms. The van der Waals surface area contributed by atoms with Gasteiger partial charge in [-0.25, -0.2) is 9.97 Å². The Labute approximate surface area is 176 Å². The second kappa shape index (κ2) is 8.99. The molecule has 0 aliphatic carbocycles. The lowest BCUT2D eigenvalue weighted by Gasteiger charge is -2.34. The van der Waals surface area contributed by atoms with E-state index in [1.54, 1.807) is 6.07 Å². The highest BCUT2D eigenvalue weighted by molar-refractivity contribution is 6.33. The number of Topliss-reactive ketones (excluding diaryl/α,β-unsaturated/α-hetero) is 1. The van der Waals surface area contributed by atoms with Gasteiger partial charge in [0.15, 0.2) is 5.78 Å². The van der Waals surface area contributed by atoms with Gasteiger partial charge in [-0.05, 0) is 37.0 Å². The average Bonchev–Trinajstić information content (AvgIpc) is 2.67. The minimum atomic E-state index is -4.51. The fourth-order valence-corrected chi connectivity index (χ4v) is 3.76. The molecular formula is C20H20ClF3N4O2. The molecule has 0 aromatic carbocycles. The van der Waals surface area contributed by atoms with E-state index < -0.39 is 11.7 Å². The molecule has 3 heterocycles. The predicted octanol–water partition coefficient (Wildman–Crippen LogP) is 4.60. The molecule has 0 bridgehead atoms. The zero-order valence-electron chi connectivity index (χ0n) is 16.2. The number of nitrogens with one attached hydrogen (secondary N) is 1. The number of alkyl halides is 3. The molecule has 1 aliphatic heterocycles. The van der Waals surface area contributed by atoms with E-state index in [0.29, 0.717) is 30.3 Å². The van der Waals surface area contributed by atoms with E-state index in [-0.39, 0.29) is 29.1 Å². The van der Waals surface area contributed by atoms with E-state index in [4.69, 9.17) is 11.6 Å². The van der Waals surface area contributed by atoms with Crippen LogP contribution in [-0.4, -0.2) is 34.7 Å². The molecule has 1 fully saturated rings. The number of carbonyl (C=O) groups excluding carboxylic acids is 2. The molecule has 6 nitrogen and oxygen atoms in total. The zero-order chi connectivity index (χ0) is 21.9. The molecule has 0 unspecified atom stereocenters. The summed E-state index contributed by atoms with van der Waals surface area (Å²) in [4.78, 5) is 33.6. The highest BCUT2D eigenvalue weighted by atomic mass is 35.5. The first-order valence-corrected chi connectivity index (χ1v) is 9.76. The number of nitrogens with zero attached hydrogens (tertiary/aromatic N) is 3. The van der Waals surface area contributed by atoms with Crippen LogP contribution in [0.4, 0.5) is 24.8 Å². The number of amides is 1. The van der Waals surface area contributed by atoms with Crippen molar-refractivity contribution in [1.29, 1.82) is 0 Å². The second-order valence-corrected chi connectivity index (χ2v) is 7.63. The smallest absolute Gasteiger partial charge is 0.355 e. The molecule has 1 atom stereocenters. The topological polar surface area (TPSA) is 75.2 Å². The lowest BCUT2D eigenvalue weighted by molar-refractivity contribution is -0.137. The summed E-state index contributed by atoms with van der Waals surface area (Å²) in [6, 6.07) is 3.99. The quantitative estimate of drug-likeness (QED) is 0.688. The Balaban J connectivity index is 1.68. The summed E-state index contributed by atoms with van der Waals surface area (Å²) in [5.41, 5.74) is -0.454. The Bertz CT molecular complexity index is 952. The third-order valence-electron chi connectivity index (χ3n) is 4.83. The van der Waals surface area contributed by atoms with Crippen LogP contribution in [0.1, 0.15) is 42.1 Å². The Morgan fingerprint density at radius 3 is 2.73 bits per heavy atom. The average molecular weight is 441 g/mol. The highest BCUT2D eigenvalue weighted by Crippen LogP contribution is 2.35. The maximum Gasteiger partial charge on any atom is 0.417 e. The van der Waals surface area contributed by atoms with Crippen molar-refractivity contribution in [3.05, 3.63) is 46.7 Å². The van der Waals surface area contributed by atoms with Gasteiger partial charge in [0.2, 0.25) is 5.91 Å². The summed E-state index contributed by atoms with van der Waals surface area (Å²) in [5.74, 6) is 0.222. The number of anilines is 2. The van der Waals surface area contributed by atoms with Crippen molar-refractivity contribution in [2.45, 2.75) is 32.4 Å². The Hall–Kier alpha value is -2.68. The van der Waals surface area contributed by atoms with Crippen molar-refractivity contribution < 1.29 is 22.8 Å². The molecule has 0 saturated carbocycles. The molecule has 0 radical (unpaired) electrons. The number of aromatic nitrogens is 2. The highest BCUT2D eigenvalue weighted by Gasteiger charge is 2.32. The van der Waals surface area contributed by atoms with E-state index in [2.05, 4.69) is 15.3 Å². The summed E-state index contributed by atoms with van der Waals surface area (Å²) in [6.45, 7) is 2.42. The summed E-state index contributed by atoms with van der Waals surface area (Å²) < 4.78 is 38.5. The van der Waals surface area contributed by atoms with E-state index in [1.165, 1.54) is 19.2 Å². The van der Waals surface area contributed by atoms with E-state index >= 15 is 0 Å². The van der Waals surface area contributed by atoms with Crippen molar-refractivity contribution in [3.8, 4) is 0 Å². The maximum absolute atomic E-state index is 12.8. The van der Waals surface area contributed by atoms with Gasteiger partial charge in [0.25, 0.3) is 0 Å². The number of hydrogen-bond acceptors (Lipinski definition) is 5. The minimum Gasteiger partial charge on any atom is -0.355 e. The first kappa shape index (κ1) is 22.0. The normalized spacial score (nSPS) is 17.0. The maximum atomic E-state index is 12.8. The molecule has 1 N–H and O–H groups in total. The standard InChI is InChI=1S/C20H20ClF3N4O2/c1-12(29)27-18-8-14(4-5-25-18)17(30)7-13-3-2-6-28(11-13)19-16(21)9-15(10-26-19)20(22,23)24/h4-5,8-10,13H,2-3,6-7,11H2,1H3,(H,25,27,29)/t13-/m0/s1. The fourth-order valence-electron chi connectivity index (χ4n) is 3.48. The van der Waals surface area contributed by atoms with Crippen LogP contribution in [-0.2, 0) is 11.0 Å². The number of ketones is 1. The van der Waals surface area contributed by atoms with Gasteiger partial charge >= 0.3 is 6.18 Å². The van der Waals surface area contributed by atoms with E-state index in [0.717, 1.165) is 25.1 Å². The molecule has 160 valence electrons. The number of piperidine rings is 1. The van der Waals surface area contributed by atoms with Crippen molar-refractivity contribution >= 4 is 34.9 Å². The molecule has 2 aromatic rings. The van der Waals surface area contributed by atoms with Gasteiger partial charge < -0.3 is 10.2 Å². The van der Waals surface area contributed by atoms with Gasteiger partial charge in [-0.2, -0.15) is 13.2 Å². The first-order valence-electron chi connectivity index (χ1n) is 9.38. The third-order valence-corrected chi connectivity index (χ3v) is 5.11. The van der Waals surface area contributed by atoms with Gasteiger partial charge in [0.05, 0.1) is 10.6 Å². The van der Waals surface area contributed by atoms with Gasteiger partial charge in [-0.3, -0.25) is 9.59 Å². The Morgan fingerprint density at radius 2 is 2.07 bits per heavy atom. The van der Waals surface area contributed by atoms with Crippen molar-refractivity contribution in [2.24, 2.45) is 5.92 Å². The minimum absolute atomic E-state index is 0.00351. The van der Waals surface area contributed by atoms with Crippen molar-refractivity contribution in [3.63, 3.8) is 0 Å². The zero-order valence-corrected chi connectivity index (χ0v) is 16.9. The molecule has 1 saturated heterocycles. The second-order valence-electron chi connectivity index (χ2n) is 7.22. The van der Waals surface area contributed by atoms with Crippen molar-refractivity contribution in [1.82, 2.24) is 9.97 Å². The first-order chi connectivity index (χ1) is 14.1. The van der Waals surface area contributed by atoms with Crippen molar-refractivity contribution in [2.75, 3.05) is 23.3 Å². The van der Waals surface area contributed by atoms with Crippen LogP contribution in [0.3, 0.4) is 0 Å². The van der Waals surface area contributed by atoms with Gasteiger partial charge in [-0.1, -0.05) is 11.6 Å². The predicted molar refractivity (Wildman–Crippen MR) is 107 cm³/mol. The Kier molecular flexibility index (Phi) is 6.60.